The highest BCUT2D eigenvalue weighted by molar-refractivity contribution is 5.90. The number of amides is 1. The minimum absolute atomic E-state index is 0.140. The lowest BCUT2D eigenvalue weighted by atomic mass is 10.2. The lowest BCUT2D eigenvalue weighted by Crippen LogP contribution is -2.19. The number of rotatable bonds is 4. The molecule has 0 aliphatic heterocycles. The zero-order valence-electron chi connectivity index (χ0n) is 8.57. The van der Waals surface area contributed by atoms with E-state index >= 15 is 0 Å². The Morgan fingerprint density at radius 2 is 2.18 bits per heavy atom. The summed E-state index contributed by atoms with van der Waals surface area (Å²) in [6.07, 6.45) is -0.618. The quantitative estimate of drug-likeness (QED) is 0.819. The van der Waals surface area contributed by atoms with E-state index in [2.05, 4.69) is 9.72 Å². The van der Waals surface area contributed by atoms with E-state index in [-0.39, 0.29) is 5.88 Å². The summed E-state index contributed by atoms with van der Waals surface area (Å²) in [5.41, 5.74) is 5.40. The van der Waals surface area contributed by atoms with Crippen LogP contribution in [-0.4, -0.2) is 23.7 Å². The highest BCUT2D eigenvalue weighted by atomic mass is 19.4. The standard InChI is InChI=1S/C10H9F3N2O2/c11-10(12,13)6-17-9-4-2-7(5-15-9)1-3-8(14)16/h1-5H,6H2,(H2,14,16). The van der Waals surface area contributed by atoms with E-state index in [1.807, 2.05) is 0 Å². The Morgan fingerprint density at radius 1 is 1.47 bits per heavy atom. The fraction of sp³-hybridized carbons (Fsp3) is 0.200. The summed E-state index contributed by atoms with van der Waals surface area (Å²) in [5, 5.41) is 0. The van der Waals surface area contributed by atoms with Gasteiger partial charge >= 0.3 is 6.18 Å². The molecule has 1 amide bonds. The van der Waals surface area contributed by atoms with Crippen molar-refractivity contribution in [2.24, 2.45) is 5.73 Å². The molecule has 2 N–H and O–H groups in total. The van der Waals surface area contributed by atoms with Gasteiger partial charge in [-0.3, -0.25) is 4.79 Å². The number of alkyl halides is 3. The number of halogens is 3. The third kappa shape index (κ3) is 5.55. The monoisotopic (exact) mass is 246 g/mol. The average Bonchev–Trinajstić information content (AvgIpc) is 2.24. The van der Waals surface area contributed by atoms with E-state index in [1.54, 1.807) is 0 Å². The number of primary amides is 1. The van der Waals surface area contributed by atoms with Gasteiger partial charge in [0, 0.05) is 18.3 Å². The molecular formula is C10H9F3N2O2. The van der Waals surface area contributed by atoms with Gasteiger partial charge in [-0.1, -0.05) is 0 Å². The minimum atomic E-state index is -4.40. The molecule has 1 heterocycles. The van der Waals surface area contributed by atoms with Crippen LogP contribution in [0.3, 0.4) is 0 Å². The maximum Gasteiger partial charge on any atom is 0.422 e. The van der Waals surface area contributed by atoms with Crippen molar-refractivity contribution in [3.8, 4) is 5.88 Å². The Balaban J connectivity index is 2.59. The van der Waals surface area contributed by atoms with Crippen LogP contribution in [0.2, 0.25) is 0 Å². The predicted molar refractivity (Wildman–Crippen MR) is 54.0 cm³/mol. The molecule has 0 saturated heterocycles. The van der Waals surface area contributed by atoms with Crippen LogP contribution in [0.25, 0.3) is 6.08 Å². The van der Waals surface area contributed by atoms with Crippen molar-refractivity contribution >= 4 is 12.0 Å². The highest BCUT2D eigenvalue weighted by Gasteiger charge is 2.28. The van der Waals surface area contributed by atoms with Crippen molar-refractivity contribution in [3.63, 3.8) is 0 Å². The third-order valence-electron chi connectivity index (χ3n) is 1.58. The Kier molecular flexibility index (Phi) is 4.08. The van der Waals surface area contributed by atoms with Crippen molar-refractivity contribution in [1.82, 2.24) is 4.98 Å². The van der Waals surface area contributed by atoms with Gasteiger partial charge in [-0.2, -0.15) is 13.2 Å². The number of nitrogens with two attached hydrogens (primary N) is 1. The van der Waals surface area contributed by atoms with Crippen molar-refractivity contribution in [2.45, 2.75) is 6.18 Å². The Morgan fingerprint density at radius 3 is 2.65 bits per heavy atom. The van der Waals surface area contributed by atoms with Gasteiger partial charge in [0.15, 0.2) is 6.61 Å². The van der Waals surface area contributed by atoms with Crippen molar-refractivity contribution < 1.29 is 22.7 Å². The Labute approximate surface area is 94.9 Å². The second kappa shape index (κ2) is 5.33. The molecule has 0 fully saturated rings. The molecule has 0 radical (unpaired) electrons. The number of carbonyl (C=O) groups excluding carboxylic acids is 1. The van der Waals surface area contributed by atoms with Crippen LogP contribution in [0, 0.1) is 0 Å². The van der Waals surface area contributed by atoms with E-state index in [0.717, 1.165) is 6.08 Å². The summed E-state index contributed by atoms with van der Waals surface area (Å²) in [6, 6.07) is 2.73. The van der Waals surface area contributed by atoms with Crippen LogP contribution in [0.15, 0.2) is 24.4 Å². The Bertz CT molecular complexity index is 413. The lowest BCUT2D eigenvalue weighted by molar-refractivity contribution is -0.154. The zero-order valence-corrected chi connectivity index (χ0v) is 8.57. The third-order valence-corrected chi connectivity index (χ3v) is 1.58. The smallest absolute Gasteiger partial charge is 0.422 e. The fourth-order valence-corrected chi connectivity index (χ4v) is 0.910. The van der Waals surface area contributed by atoms with Crippen LogP contribution in [0.1, 0.15) is 5.56 Å². The van der Waals surface area contributed by atoms with E-state index in [4.69, 9.17) is 5.73 Å². The summed E-state index contributed by atoms with van der Waals surface area (Å²) in [6.45, 7) is -1.39. The van der Waals surface area contributed by atoms with Crippen LogP contribution >= 0.6 is 0 Å². The van der Waals surface area contributed by atoms with Crippen LogP contribution < -0.4 is 10.5 Å². The van der Waals surface area contributed by atoms with Crippen molar-refractivity contribution in [2.75, 3.05) is 6.61 Å². The van der Waals surface area contributed by atoms with Gasteiger partial charge in [0.1, 0.15) is 0 Å². The number of hydrogen-bond acceptors (Lipinski definition) is 3. The molecule has 0 aliphatic rings. The largest absolute Gasteiger partial charge is 0.468 e. The first-order chi connectivity index (χ1) is 7.87. The Hall–Kier alpha value is -2.05. The first-order valence-corrected chi connectivity index (χ1v) is 4.50. The number of aromatic nitrogens is 1. The van der Waals surface area contributed by atoms with E-state index in [1.165, 1.54) is 24.4 Å². The van der Waals surface area contributed by atoms with Gasteiger partial charge in [0.2, 0.25) is 11.8 Å². The molecule has 0 aromatic carbocycles. The van der Waals surface area contributed by atoms with Gasteiger partial charge in [-0.15, -0.1) is 0 Å². The summed E-state index contributed by atoms with van der Waals surface area (Å²) >= 11 is 0. The topological polar surface area (TPSA) is 65.2 Å². The summed E-state index contributed by atoms with van der Waals surface area (Å²) in [4.78, 5) is 14.1. The van der Waals surface area contributed by atoms with Crippen molar-refractivity contribution in [3.05, 3.63) is 30.0 Å². The first kappa shape index (κ1) is 13.0. The van der Waals surface area contributed by atoms with Gasteiger partial charge in [0.05, 0.1) is 0 Å². The van der Waals surface area contributed by atoms with E-state index < -0.39 is 18.7 Å². The molecule has 1 rings (SSSR count). The van der Waals surface area contributed by atoms with Crippen LogP contribution in [-0.2, 0) is 4.79 Å². The normalized spacial score (nSPS) is 11.7. The molecule has 0 unspecified atom stereocenters. The van der Waals surface area contributed by atoms with Gasteiger partial charge in [0.25, 0.3) is 0 Å². The van der Waals surface area contributed by atoms with Crippen LogP contribution in [0.5, 0.6) is 5.88 Å². The molecule has 0 atom stereocenters. The molecule has 92 valence electrons. The molecule has 0 aliphatic carbocycles. The molecule has 0 bridgehead atoms. The summed E-state index contributed by atoms with van der Waals surface area (Å²) < 4.78 is 39.8. The number of hydrogen-bond donors (Lipinski definition) is 1. The molecule has 1 aromatic heterocycles. The number of carbonyl (C=O) groups is 1. The van der Waals surface area contributed by atoms with E-state index in [0.29, 0.717) is 5.56 Å². The number of ether oxygens (including phenoxy) is 1. The average molecular weight is 246 g/mol. The molecule has 0 saturated carbocycles. The molecule has 7 heteroatoms. The second-order valence-corrected chi connectivity index (χ2v) is 3.07. The maximum absolute atomic E-state index is 11.8. The highest BCUT2D eigenvalue weighted by Crippen LogP contribution is 2.17. The van der Waals surface area contributed by atoms with E-state index in [9.17, 15) is 18.0 Å². The molecular weight excluding hydrogens is 237 g/mol. The van der Waals surface area contributed by atoms with Gasteiger partial charge < -0.3 is 10.5 Å². The molecule has 17 heavy (non-hydrogen) atoms. The minimum Gasteiger partial charge on any atom is -0.468 e. The lowest BCUT2D eigenvalue weighted by Gasteiger charge is -2.07. The van der Waals surface area contributed by atoms with Gasteiger partial charge in [-0.25, -0.2) is 4.98 Å². The second-order valence-electron chi connectivity index (χ2n) is 3.07. The summed E-state index contributed by atoms with van der Waals surface area (Å²) in [5.74, 6) is -0.763. The molecule has 0 spiro atoms. The number of nitrogens with zero attached hydrogens (tertiary/aromatic N) is 1. The van der Waals surface area contributed by atoms with Gasteiger partial charge in [-0.05, 0) is 17.7 Å². The maximum atomic E-state index is 11.8. The SMILES string of the molecule is NC(=O)C=Cc1ccc(OCC(F)(F)F)nc1. The predicted octanol–water partition coefficient (Wildman–Crippen LogP) is 1.52. The van der Waals surface area contributed by atoms with Crippen LogP contribution in [0.4, 0.5) is 13.2 Å². The molecule has 1 aromatic rings. The number of pyridine rings is 1. The van der Waals surface area contributed by atoms with Crippen molar-refractivity contribution in [1.29, 1.82) is 0 Å². The molecule has 4 nitrogen and oxygen atoms in total. The fourth-order valence-electron chi connectivity index (χ4n) is 0.910. The zero-order chi connectivity index (χ0) is 12.9. The summed E-state index contributed by atoms with van der Waals surface area (Å²) in [7, 11) is 0. The first-order valence-electron chi connectivity index (χ1n) is 4.50.